The predicted octanol–water partition coefficient (Wildman–Crippen LogP) is 2.15. The monoisotopic (exact) mass is 424 g/mol. The van der Waals surface area contributed by atoms with Crippen LogP contribution in [0.1, 0.15) is 33.3 Å². The van der Waals surface area contributed by atoms with Crippen molar-refractivity contribution >= 4 is 17.5 Å². The molecule has 0 radical (unpaired) electrons. The largest absolute Gasteiger partial charge is 0.379 e. The number of amides is 2. The minimum Gasteiger partial charge on any atom is -0.379 e. The van der Waals surface area contributed by atoms with Crippen molar-refractivity contribution in [3.63, 3.8) is 0 Å². The Kier molecular flexibility index (Phi) is 12.9. The van der Waals surface area contributed by atoms with Gasteiger partial charge in [-0.1, -0.05) is 12.1 Å². The van der Waals surface area contributed by atoms with Gasteiger partial charge in [0.15, 0.2) is 0 Å². The van der Waals surface area contributed by atoms with Crippen molar-refractivity contribution in [2.75, 3.05) is 51.6 Å². The van der Waals surface area contributed by atoms with Crippen LogP contribution < -0.4 is 10.2 Å². The van der Waals surface area contributed by atoms with Gasteiger partial charge >= 0.3 is 0 Å². The number of hydrogen-bond acceptors (Lipinski definition) is 6. The summed E-state index contributed by atoms with van der Waals surface area (Å²) in [6.45, 7) is 10.6. The van der Waals surface area contributed by atoms with E-state index in [0.29, 0.717) is 46.2 Å². The highest BCUT2D eigenvalue weighted by atomic mass is 16.5. The van der Waals surface area contributed by atoms with Gasteiger partial charge in [0.25, 0.3) is 5.91 Å². The van der Waals surface area contributed by atoms with E-state index in [1.54, 1.807) is 25.8 Å². The van der Waals surface area contributed by atoms with Gasteiger partial charge in [-0.05, 0) is 45.4 Å². The Hall–Kier alpha value is -2.00. The van der Waals surface area contributed by atoms with Crippen LogP contribution in [-0.4, -0.2) is 70.7 Å². The molecule has 1 N–H and O–H groups in total. The molecular weight excluding hydrogens is 388 g/mol. The minimum absolute atomic E-state index is 0.134. The fraction of sp³-hybridized carbons (Fsp3) is 0.636. The molecule has 2 atom stereocenters. The number of rotatable bonds is 15. The number of anilines is 1. The van der Waals surface area contributed by atoms with Crippen LogP contribution in [0.3, 0.4) is 0 Å². The maximum Gasteiger partial charge on any atom is 0.255 e. The number of benzene rings is 1. The Balaban J connectivity index is 2.44. The van der Waals surface area contributed by atoms with Crippen LogP contribution in [0.4, 0.5) is 5.69 Å². The maximum atomic E-state index is 12.5. The number of ether oxygens (including phenoxy) is 4. The lowest BCUT2D eigenvalue weighted by Crippen LogP contribution is -2.37. The van der Waals surface area contributed by atoms with Crippen molar-refractivity contribution in [1.29, 1.82) is 0 Å². The lowest BCUT2D eigenvalue weighted by Gasteiger charge is -2.22. The zero-order valence-corrected chi connectivity index (χ0v) is 18.8. The first-order chi connectivity index (χ1) is 14.4. The van der Waals surface area contributed by atoms with Crippen molar-refractivity contribution in [3.8, 4) is 0 Å². The first kappa shape index (κ1) is 26.0. The smallest absolute Gasteiger partial charge is 0.255 e. The maximum absolute atomic E-state index is 12.5. The van der Waals surface area contributed by atoms with Crippen LogP contribution >= 0.6 is 0 Å². The molecular formula is C22H36N2O6. The van der Waals surface area contributed by atoms with Crippen molar-refractivity contribution in [1.82, 2.24) is 5.32 Å². The van der Waals surface area contributed by atoms with Gasteiger partial charge < -0.3 is 29.2 Å². The van der Waals surface area contributed by atoms with E-state index in [2.05, 4.69) is 5.32 Å². The van der Waals surface area contributed by atoms with Crippen molar-refractivity contribution in [2.45, 2.75) is 46.4 Å². The van der Waals surface area contributed by atoms with Gasteiger partial charge in [0, 0.05) is 32.5 Å². The topological polar surface area (TPSA) is 86.3 Å². The van der Waals surface area contributed by atoms with E-state index in [4.69, 9.17) is 18.9 Å². The second kappa shape index (κ2) is 14.9. The molecule has 0 bridgehead atoms. The highest BCUT2D eigenvalue weighted by molar-refractivity contribution is 5.95. The van der Waals surface area contributed by atoms with Crippen LogP contribution in [0.25, 0.3) is 0 Å². The summed E-state index contributed by atoms with van der Waals surface area (Å²) in [7, 11) is 1.71. The Morgan fingerprint density at radius 2 is 1.43 bits per heavy atom. The lowest BCUT2D eigenvalue weighted by atomic mass is 10.2. The van der Waals surface area contributed by atoms with Crippen LogP contribution in [-0.2, 0) is 35.1 Å². The summed E-state index contributed by atoms with van der Waals surface area (Å²) in [5.74, 6) is -0.313. The molecule has 1 aromatic carbocycles. The van der Waals surface area contributed by atoms with Gasteiger partial charge in [0.1, 0.15) is 12.2 Å². The average Bonchev–Trinajstić information content (AvgIpc) is 2.77. The molecule has 0 aliphatic heterocycles. The molecule has 0 saturated carbocycles. The summed E-state index contributed by atoms with van der Waals surface area (Å²) in [6, 6.07) is 7.43. The SMILES string of the molecule is CCOCCO[C@@H](C)C(=O)N(C)c1ccc(CNC(=O)[C@@H](C)OCCOCC)cc1. The number of nitrogens with zero attached hydrogens (tertiary/aromatic N) is 1. The Morgan fingerprint density at radius 3 is 1.97 bits per heavy atom. The molecule has 8 nitrogen and oxygen atoms in total. The molecule has 0 aliphatic rings. The standard InChI is InChI=1S/C22H36N2O6/c1-6-27-12-14-29-17(3)21(25)23-16-19-8-10-20(11-9-19)24(5)22(26)18(4)30-15-13-28-7-2/h8-11,17-18H,6-7,12-16H2,1-5H3,(H,23,25)/t17-,18+/m1/s1. The van der Waals surface area contributed by atoms with E-state index in [1.165, 1.54) is 0 Å². The molecule has 0 spiro atoms. The summed E-state index contributed by atoms with van der Waals surface area (Å²) in [5, 5.41) is 2.85. The third-order valence-corrected chi connectivity index (χ3v) is 4.44. The zero-order valence-electron chi connectivity index (χ0n) is 18.8. The summed E-state index contributed by atoms with van der Waals surface area (Å²) in [6.07, 6.45) is -1.10. The minimum atomic E-state index is -0.557. The Bertz CT molecular complexity index is 623. The highest BCUT2D eigenvalue weighted by Crippen LogP contribution is 2.15. The van der Waals surface area contributed by atoms with Gasteiger partial charge in [0.05, 0.1) is 26.4 Å². The number of likely N-dealkylation sites (N-methyl/N-ethyl adjacent to an activating group) is 1. The number of hydrogen-bond donors (Lipinski definition) is 1. The van der Waals surface area contributed by atoms with E-state index in [1.807, 2.05) is 38.1 Å². The molecule has 0 saturated heterocycles. The first-order valence-corrected chi connectivity index (χ1v) is 10.4. The van der Waals surface area contributed by atoms with Crippen molar-refractivity contribution < 1.29 is 28.5 Å². The molecule has 0 unspecified atom stereocenters. The van der Waals surface area contributed by atoms with E-state index in [-0.39, 0.29) is 11.8 Å². The quantitative estimate of drug-likeness (QED) is 0.434. The van der Waals surface area contributed by atoms with Crippen LogP contribution in [0.5, 0.6) is 0 Å². The van der Waals surface area contributed by atoms with Gasteiger partial charge in [-0.2, -0.15) is 0 Å². The molecule has 0 aromatic heterocycles. The molecule has 30 heavy (non-hydrogen) atoms. The van der Waals surface area contributed by atoms with Crippen LogP contribution in [0, 0.1) is 0 Å². The molecule has 0 fully saturated rings. The van der Waals surface area contributed by atoms with Crippen molar-refractivity contribution in [3.05, 3.63) is 29.8 Å². The normalized spacial score (nSPS) is 13.0. The van der Waals surface area contributed by atoms with Crippen molar-refractivity contribution in [2.24, 2.45) is 0 Å². The summed E-state index contributed by atoms with van der Waals surface area (Å²) in [5.41, 5.74) is 1.68. The van der Waals surface area contributed by atoms with E-state index in [9.17, 15) is 9.59 Å². The van der Waals surface area contributed by atoms with E-state index < -0.39 is 12.2 Å². The van der Waals surface area contributed by atoms with E-state index >= 15 is 0 Å². The summed E-state index contributed by atoms with van der Waals surface area (Å²) < 4.78 is 21.3. The molecule has 8 heteroatoms. The average molecular weight is 425 g/mol. The zero-order chi connectivity index (χ0) is 22.4. The van der Waals surface area contributed by atoms with Gasteiger partial charge in [0.2, 0.25) is 5.91 Å². The van der Waals surface area contributed by atoms with Gasteiger partial charge in [-0.3, -0.25) is 9.59 Å². The molecule has 2 amide bonds. The number of nitrogens with one attached hydrogen (secondary N) is 1. The third kappa shape index (κ3) is 9.67. The second-order valence-corrected chi connectivity index (χ2v) is 6.70. The summed E-state index contributed by atoms with van der Waals surface area (Å²) in [4.78, 5) is 26.1. The third-order valence-electron chi connectivity index (χ3n) is 4.44. The number of carbonyl (C=O) groups is 2. The van der Waals surface area contributed by atoms with E-state index in [0.717, 1.165) is 11.3 Å². The highest BCUT2D eigenvalue weighted by Gasteiger charge is 2.19. The molecule has 0 heterocycles. The lowest BCUT2D eigenvalue weighted by molar-refractivity contribution is -0.132. The van der Waals surface area contributed by atoms with Gasteiger partial charge in [-0.15, -0.1) is 0 Å². The molecule has 1 rings (SSSR count). The Labute approximate surface area is 179 Å². The molecule has 0 aliphatic carbocycles. The Morgan fingerprint density at radius 1 is 0.900 bits per heavy atom. The predicted molar refractivity (Wildman–Crippen MR) is 116 cm³/mol. The summed E-state index contributed by atoms with van der Waals surface area (Å²) >= 11 is 0. The second-order valence-electron chi connectivity index (χ2n) is 6.70. The van der Waals surface area contributed by atoms with Gasteiger partial charge in [-0.25, -0.2) is 0 Å². The fourth-order valence-corrected chi connectivity index (χ4v) is 2.57. The molecule has 1 aromatic rings. The number of carbonyl (C=O) groups excluding carboxylic acids is 2. The van der Waals surface area contributed by atoms with Crippen LogP contribution in [0.15, 0.2) is 24.3 Å². The molecule has 170 valence electrons. The fourth-order valence-electron chi connectivity index (χ4n) is 2.57. The van der Waals surface area contributed by atoms with Crippen LogP contribution in [0.2, 0.25) is 0 Å². The first-order valence-electron chi connectivity index (χ1n) is 10.4.